The van der Waals surface area contributed by atoms with E-state index in [0.29, 0.717) is 16.3 Å². The van der Waals surface area contributed by atoms with Gasteiger partial charge >= 0.3 is 0 Å². The van der Waals surface area contributed by atoms with E-state index in [0.717, 1.165) is 24.3 Å². The highest BCUT2D eigenvalue weighted by Gasteiger charge is 2.15. The number of carbonyl (C=O) groups is 1. The lowest BCUT2D eigenvalue weighted by molar-refractivity contribution is -0.118. The maximum Gasteiger partial charge on any atom is 0.262 e. The minimum Gasteiger partial charge on any atom is -0.482 e. The summed E-state index contributed by atoms with van der Waals surface area (Å²) in [6.07, 6.45) is 2.46. The number of rotatable bonds is 5. The van der Waals surface area contributed by atoms with E-state index in [9.17, 15) is 4.79 Å². The molecule has 0 atom stereocenters. The fourth-order valence-corrected chi connectivity index (χ4v) is 3.31. The van der Waals surface area contributed by atoms with Crippen molar-refractivity contribution in [3.63, 3.8) is 0 Å². The molecule has 1 heterocycles. The molecule has 0 aromatic heterocycles. The molecule has 1 N–H and O–H groups in total. The van der Waals surface area contributed by atoms with E-state index in [4.69, 9.17) is 21.6 Å². The second-order valence-electron chi connectivity index (χ2n) is 6.29. The number of anilines is 2. The third-order valence-electron chi connectivity index (χ3n) is 4.35. The second kappa shape index (κ2) is 8.11. The van der Waals surface area contributed by atoms with E-state index in [-0.39, 0.29) is 12.5 Å². The maximum atomic E-state index is 12.1. The molecule has 134 valence electrons. The van der Waals surface area contributed by atoms with Crippen LogP contribution < -0.4 is 15.0 Å². The Morgan fingerprint density at radius 2 is 2.04 bits per heavy atom. The number of ether oxygens (including phenoxy) is 1. The molecule has 1 aliphatic rings. The van der Waals surface area contributed by atoms with Gasteiger partial charge in [-0.05, 0) is 61.7 Å². The summed E-state index contributed by atoms with van der Waals surface area (Å²) < 4.78 is 5.44. The number of aryl methyl sites for hydroxylation is 1. The summed E-state index contributed by atoms with van der Waals surface area (Å²) in [5.74, 6) is 0.111. The van der Waals surface area contributed by atoms with Crippen LogP contribution in [0.3, 0.4) is 0 Å². The first kappa shape index (κ1) is 18.1. The van der Waals surface area contributed by atoms with Gasteiger partial charge in [0.25, 0.3) is 5.91 Å². The van der Waals surface area contributed by atoms with E-state index in [2.05, 4.69) is 23.2 Å². The van der Waals surface area contributed by atoms with Gasteiger partial charge in [0.15, 0.2) is 6.61 Å². The number of carbonyl (C=O) groups excluding carboxylic acids is 1. The van der Waals surface area contributed by atoms with Crippen LogP contribution in [0.1, 0.15) is 24.0 Å². The Kier molecular flexibility index (Phi) is 5.65. The van der Waals surface area contributed by atoms with E-state index in [1.165, 1.54) is 24.6 Å². The zero-order valence-electron chi connectivity index (χ0n) is 14.6. The van der Waals surface area contributed by atoms with Gasteiger partial charge in [-0.3, -0.25) is 4.79 Å². The Hall–Kier alpha value is -2.71. The minimum atomic E-state index is -0.265. The Morgan fingerprint density at radius 1 is 1.27 bits per heavy atom. The van der Waals surface area contributed by atoms with E-state index >= 15 is 0 Å². The number of nitriles is 1. The molecule has 0 radical (unpaired) electrons. The van der Waals surface area contributed by atoms with Gasteiger partial charge in [-0.15, -0.1) is 0 Å². The van der Waals surface area contributed by atoms with E-state index in [1.807, 2.05) is 18.2 Å². The van der Waals surface area contributed by atoms with Crippen molar-refractivity contribution in [3.05, 3.63) is 52.5 Å². The van der Waals surface area contributed by atoms with Crippen molar-refractivity contribution in [2.45, 2.75) is 19.8 Å². The fraction of sp³-hybridized carbons (Fsp3) is 0.300. The average Bonchev–Trinajstić information content (AvgIpc) is 3.15. The molecule has 3 rings (SSSR count). The number of nitrogens with one attached hydrogen (secondary N) is 1. The average molecular weight is 370 g/mol. The minimum absolute atomic E-state index is 0.154. The molecule has 1 amide bonds. The van der Waals surface area contributed by atoms with Gasteiger partial charge in [-0.1, -0.05) is 11.6 Å². The Labute approximate surface area is 158 Å². The van der Waals surface area contributed by atoms with Gasteiger partial charge in [0.05, 0.1) is 16.7 Å². The van der Waals surface area contributed by atoms with Crippen molar-refractivity contribution in [2.75, 3.05) is 29.9 Å². The predicted octanol–water partition coefficient (Wildman–Crippen LogP) is 4.14. The summed E-state index contributed by atoms with van der Waals surface area (Å²) >= 11 is 6.04. The van der Waals surface area contributed by atoms with Crippen LogP contribution in [0.4, 0.5) is 11.4 Å². The monoisotopic (exact) mass is 369 g/mol. The molecule has 1 aliphatic heterocycles. The topological polar surface area (TPSA) is 65.4 Å². The Bertz CT molecular complexity index is 855. The lowest BCUT2D eigenvalue weighted by Gasteiger charge is -2.20. The molecule has 0 unspecified atom stereocenters. The van der Waals surface area contributed by atoms with Crippen LogP contribution in [0.25, 0.3) is 0 Å². The lowest BCUT2D eigenvalue weighted by Crippen LogP contribution is -2.21. The molecule has 0 saturated carbocycles. The fourth-order valence-electron chi connectivity index (χ4n) is 3.07. The molecule has 0 aliphatic carbocycles. The first-order chi connectivity index (χ1) is 12.6. The number of nitrogens with zero attached hydrogens (tertiary/aromatic N) is 2. The molecule has 1 fully saturated rings. The van der Waals surface area contributed by atoms with Gasteiger partial charge in [0, 0.05) is 24.5 Å². The molecule has 0 spiro atoms. The highest BCUT2D eigenvalue weighted by molar-refractivity contribution is 6.32. The number of benzene rings is 2. The first-order valence-electron chi connectivity index (χ1n) is 8.55. The quantitative estimate of drug-likeness (QED) is 0.860. The molecule has 1 saturated heterocycles. The van der Waals surface area contributed by atoms with E-state index < -0.39 is 0 Å². The normalized spacial score (nSPS) is 13.3. The molecule has 26 heavy (non-hydrogen) atoms. The summed E-state index contributed by atoms with van der Waals surface area (Å²) in [5.41, 5.74) is 3.55. The van der Waals surface area contributed by atoms with Crippen LogP contribution in [-0.4, -0.2) is 25.6 Å². The van der Waals surface area contributed by atoms with Crippen molar-refractivity contribution < 1.29 is 9.53 Å². The first-order valence-corrected chi connectivity index (χ1v) is 8.92. The van der Waals surface area contributed by atoms with Crippen molar-refractivity contribution in [1.82, 2.24) is 0 Å². The maximum absolute atomic E-state index is 12.1. The third kappa shape index (κ3) is 4.27. The highest BCUT2D eigenvalue weighted by Crippen LogP contribution is 2.27. The SMILES string of the molecule is Cc1cc(NC(=O)COc2ccc(C#N)cc2Cl)ccc1N1CCCC1. The molecule has 5 nitrogen and oxygen atoms in total. The third-order valence-corrected chi connectivity index (χ3v) is 4.64. The number of amides is 1. The van der Waals surface area contributed by atoms with Gasteiger partial charge in [0.2, 0.25) is 0 Å². The highest BCUT2D eigenvalue weighted by atomic mass is 35.5. The predicted molar refractivity (Wildman–Crippen MR) is 103 cm³/mol. The summed E-state index contributed by atoms with van der Waals surface area (Å²) in [5, 5.41) is 12.0. The zero-order chi connectivity index (χ0) is 18.5. The van der Waals surface area contributed by atoms with Crippen LogP contribution in [-0.2, 0) is 4.79 Å². The standard InChI is InChI=1S/C20H20ClN3O2/c1-14-10-16(5-6-18(14)24-8-2-3-9-24)23-20(25)13-26-19-7-4-15(12-22)11-17(19)21/h4-7,10-11H,2-3,8-9,13H2,1H3,(H,23,25). The van der Waals surface area contributed by atoms with Crippen molar-refractivity contribution in [2.24, 2.45) is 0 Å². The number of hydrogen-bond donors (Lipinski definition) is 1. The van der Waals surface area contributed by atoms with Crippen molar-refractivity contribution >= 4 is 28.9 Å². The summed E-state index contributed by atoms with van der Waals surface area (Å²) in [6.45, 7) is 4.08. The smallest absolute Gasteiger partial charge is 0.262 e. The molecule has 6 heteroatoms. The summed E-state index contributed by atoms with van der Waals surface area (Å²) in [7, 11) is 0. The number of hydrogen-bond acceptors (Lipinski definition) is 4. The zero-order valence-corrected chi connectivity index (χ0v) is 15.3. The lowest BCUT2D eigenvalue weighted by atomic mass is 10.1. The van der Waals surface area contributed by atoms with Crippen LogP contribution in [0, 0.1) is 18.3 Å². The van der Waals surface area contributed by atoms with Gasteiger partial charge < -0.3 is 15.0 Å². The second-order valence-corrected chi connectivity index (χ2v) is 6.70. The summed E-state index contributed by atoms with van der Waals surface area (Å²) in [4.78, 5) is 14.5. The van der Waals surface area contributed by atoms with Crippen LogP contribution in [0.5, 0.6) is 5.75 Å². The summed E-state index contributed by atoms with van der Waals surface area (Å²) in [6, 6.07) is 12.6. The van der Waals surface area contributed by atoms with Crippen molar-refractivity contribution in [3.8, 4) is 11.8 Å². The van der Waals surface area contributed by atoms with Crippen LogP contribution in [0.2, 0.25) is 5.02 Å². The van der Waals surface area contributed by atoms with Gasteiger partial charge in [-0.2, -0.15) is 5.26 Å². The van der Waals surface area contributed by atoms with E-state index in [1.54, 1.807) is 12.1 Å². The molecular formula is C20H20ClN3O2. The molecule has 0 bridgehead atoms. The Balaban J connectivity index is 1.58. The molecular weight excluding hydrogens is 350 g/mol. The van der Waals surface area contributed by atoms with Gasteiger partial charge in [-0.25, -0.2) is 0 Å². The van der Waals surface area contributed by atoms with Crippen LogP contribution >= 0.6 is 11.6 Å². The Morgan fingerprint density at radius 3 is 2.69 bits per heavy atom. The van der Waals surface area contributed by atoms with Gasteiger partial charge in [0.1, 0.15) is 5.75 Å². The van der Waals surface area contributed by atoms with Crippen molar-refractivity contribution in [1.29, 1.82) is 5.26 Å². The molecule has 2 aromatic carbocycles. The largest absolute Gasteiger partial charge is 0.482 e. The molecule has 2 aromatic rings. The van der Waals surface area contributed by atoms with Crippen LogP contribution in [0.15, 0.2) is 36.4 Å². The number of halogens is 1.